The van der Waals surface area contributed by atoms with Gasteiger partial charge in [0.1, 0.15) is 0 Å². The molecule has 0 aliphatic rings. The minimum Gasteiger partial charge on any atom is -0.249 e. The summed E-state index contributed by atoms with van der Waals surface area (Å²) in [5.41, 5.74) is 0.247. The van der Waals surface area contributed by atoms with Crippen LogP contribution in [0, 0.1) is 11.8 Å². The third-order valence-corrected chi connectivity index (χ3v) is 4.37. The molecule has 0 aromatic carbocycles. The molecule has 2 heteroatoms. The van der Waals surface area contributed by atoms with Crippen molar-refractivity contribution in [3.63, 3.8) is 0 Å². The monoisotopic (exact) mass is 225 g/mol. The quantitative estimate of drug-likeness (QED) is 0.748. The van der Waals surface area contributed by atoms with E-state index in [4.69, 9.17) is 0 Å². The highest BCUT2D eigenvalue weighted by atomic mass is 32.1. The molecule has 1 heterocycles. The zero-order valence-electron chi connectivity index (χ0n) is 10.8. The van der Waals surface area contributed by atoms with Crippen LogP contribution in [0.1, 0.15) is 51.4 Å². The van der Waals surface area contributed by atoms with Crippen molar-refractivity contribution in [2.24, 2.45) is 11.8 Å². The zero-order valence-corrected chi connectivity index (χ0v) is 11.6. The first-order valence-corrected chi connectivity index (χ1v) is 6.57. The van der Waals surface area contributed by atoms with Gasteiger partial charge in [-0.1, -0.05) is 41.5 Å². The number of nitrogens with zero attached hydrogens (tertiary/aromatic N) is 1. The number of hydrogen-bond donors (Lipinski definition) is 0. The molecule has 1 unspecified atom stereocenters. The predicted molar refractivity (Wildman–Crippen MR) is 68.5 cm³/mol. The van der Waals surface area contributed by atoms with Crippen LogP contribution in [-0.2, 0) is 11.8 Å². The summed E-state index contributed by atoms with van der Waals surface area (Å²) in [5.74, 6) is 1.47. The lowest BCUT2D eigenvalue weighted by molar-refractivity contribution is 0.417. The van der Waals surface area contributed by atoms with Gasteiger partial charge in [0.05, 0.1) is 5.01 Å². The topological polar surface area (TPSA) is 12.9 Å². The maximum Gasteiger partial charge on any atom is 0.0930 e. The second-order valence-corrected chi connectivity index (χ2v) is 6.91. The van der Waals surface area contributed by atoms with Crippen LogP contribution in [0.25, 0.3) is 0 Å². The van der Waals surface area contributed by atoms with Crippen molar-refractivity contribution in [3.05, 3.63) is 16.1 Å². The molecular weight excluding hydrogens is 202 g/mol. The number of hydrogen-bond acceptors (Lipinski definition) is 2. The molecule has 0 aliphatic carbocycles. The molecular formula is C13H23NS. The summed E-state index contributed by atoms with van der Waals surface area (Å²) < 4.78 is 0. The normalized spacial score (nSPS) is 14.6. The van der Waals surface area contributed by atoms with Gasteiger partial charge in [0, 0.05) is 17.5 Å². The Morgan fingerprint density at radius 2 is 1.87 bits per heavy atom. The molecule has 1 nitrogen and oxygen atoms in total. The Labute approximate surface area is 97.9 Å². The van der Waals surface area contributed by atoms with Crippen molar-refractivity contribution in [2.75, 3.05) is 0 Å². The minimum atomic E-state index is 0.247. The van der Waals surface area contributed by atoms with Crippen molar-refractivity contribution >= 4 is 11.3 Å². The molecule has 0 amide bonds. The Bertz CT molecular complexity index is 307. The molecule has 86 valence electrons. The van der Waals surface area contributed by atoms with E-state index in [-0.39, 0.29) is 5.41 Å². The van der Waals surface area contributed by atoms with Crippen LogP contribution in [-0.4, -0.2) is 4.98 Å². The molecule has 1 aromatic rings. The molecule has 0 fully saturated rings. The molecule has 1 rings (SSSR count). The van der Waals surface area contributed by atoms with Crippen LogP contribution >= 0.6 is 11.3 Å². The van der Waals surface area contributed by atoms with E-state index in [2.05, 4.69) is 46.5 Å². The van der Waals surface area contributed by atoms with Crippen molar-refractivity contribution in [2.45, 2.75) is 53.4 Å². The Morgan fingerprint density at radius 1 is 1.27 bits per heavy atom. The molecule has 0 radical (unpaired) electrons. The fourth-order valence-electron chi connectivity index (χ4n) is 1.26. The van der Waals surface area contributed by atoms with E-state index in [9.17, 15) is 0 Å². The molecule has 0 bridgehead atoms. The summed E-state index contributed by atoms with van der Waals surface area (Å²) >= 11 is 1.87. The van der Waals surface area contributed by atoms with Gasteiger partial charge in [-0.2, -0.15) is 0 Å². The van der Waals surface area contributed by atoms with E-state index in [1.807, 2.05) is 17.5 Å². The summed E-state index contributed by atoms with van der Waals surface area (Å²) in [4.78, 5) is 5.92. The van der Waals surface area contributed by atoms with Gasteiger partial charge in [0.2, 0.25) is 0 Å². The third-order valence-electron chi connectivity index (χ3n) is 2.93. The number of thiazole rings is 1. The molecule has 0 saturated heterocycles. The first kappa shape index (κ1) is 12.7. The Balaban J connectivity index is 2.69. The summed E-state index contributed by atoms with van der Waals surface area (Å²) in [6, 6.07) is 0. The number of aromatic nitrogens is 1. The van der Waals surface area contributed by atoms with Gasteiger partial charge in [-0.05, 0) is 17.3 Å². The highest BCUT2D eigenvalue weighted by Crippen LogP contribution is 2.29. The van der Waals surface area contributed by atoms with Crippen LogP contribution in [0.15, 0.2) is 6.20 Å². The van der Waals surface area contributed by atoms with Crippen molar-refractivity contribution in [3.8, 4) is 0 Å². The fraction of sp³-hybridized carbons (Fsp3) is 0.769. The zero-order chi connectivity index (χ0) is 11.6. The molecule has 1 atom stereocenters. The van der Waals surface area contributed by atoms with Gasteiger partial charge in [-0.3, -0.25) is 0 Å². The smallest absolute Gasteiger partial charge is 0.0930 e. The van der Waals surface area contributed by atoms with Crippen LogP contribution in [0.4, 0.5) is 0 Å². The summed E-state index contributed by atoms with van der Waals surface area (Å²) in [6.07, 6.45) is 3.17. The maximum atomic E-state index is 4.52. The average Bonchev–Trinajstić information content (AvgIpc) is 2.51. The lowest BCUT2D eigenvalue weighted by atomic mass is 9.95. The van der Waals surface area contributed by atoms with E-state index in [0.29, 0.717) is 0 Å². The second kappa shape index (κ2) is 4.65. The Hall–Kier alpha value is -0.370. The summed E-state index contributed by atoms with van der Waals surface area (Å²) in [7, 11) is 0. The largest absolute Gasteiger partial charge is 0.249 e. The molecule has 0 saturated carbocycles. The molecule has 15 heavy (non-hydrogen) atoms. The third kappa shape index (κ3) is 3.60. The van der Waals surface area contributed by atoms with E-state index < -0.39 is 0 Å². The molecule has 0 spiro atoms. The van der Waals surface area contributed by atoms with Crippen molar-refractivity contribution in [1.82, 2.24) is 4.98 Å². The Morgan fingerprint density at radius 3 is 2.27 bits per heavy atom. The lowest BCUT2D eigenvalue weighted by Crippen LogP contribution is -2.08. The van der Waals surface area contributed by atoms with Gasteiger partial charge in [-0.15, -0.1) is 11.3 Å². The van der Waals surface area contributed by atoms with E-state index in [0.717, 1.165) is 18.3 Å². The van der Waals surface area contributed by atoms with E-state index in [1.54, 1.807) is 0 Å². The van der Waals surface area contributed by atoms with Gasteiger partial charge in [-0.25, -0.2) is 4.98 Å². The van der Waals surface area contributed by atoms with Gasteiger partial charge in [0.25, 0.3) is 0 Å². The minimum absolute atomic E-state index is 0.247. The maximum absolute atomic E-state index is 4.52. The van der Waals surface area contributed by atoms with Crippen LogP contribution in [0.3, 0.4) is 0 Å². The standard InChI is InChI=1S/C13H23NS/c1-9(2)10(3)7-12-14-8-11(15-12)13(4,5)6/h8-10H,7H2,1-6H3. The highest BCUT2D eigenvalue weighted by molar-refractivity contribution is 7.11. The van der Waals surface area contributed by atoms with Crippen molar-refractivity contribution < 1.29 is 0 Å². The van der Waals surface area contributed by atoms with Gasteiger partial charge < -0.3 is 0 Å². The van der Waals surface area contributed by atoms with Crippen LogP contribution in [0.2, 0.25) is 0 Å². The first-order chi connectivity index (χ1) is 6.80. The van der Waals surface area contributed by atoms with Gasteiger partial charge in [0.15, 0.2) is 0 Å². The van der Waals surface area contributed by atoms with Gasteiger partial charge >= 0.3 is 0 Å². The van der Waals surface area contributed by atoms with Crippen LogP contribution < -0.4 is 0 Å². The average molecular weight is 225 g/mol. The highest BCUT2D eigenvalue weighted by Gasteiger charge is 2.18. The van der Waals surface area contributed by atoms with E-state index in [1.165, 1.54) is 9.88 Å². The number of rotatable bonds is 3. The summed E-state index contributed by atoms with van der Waals surface area (Å²) in [6.45, 7) is 13.6. The predicted octanol–water partition coefficient (Wildman–Crippen LogP) is 4.28. The summed E-state index contributed by atoms with van der Waals surface area (Å²) in [5, 5.41) is 1.29. The second-order valence-electron chi connectivity index (χ2n) is 5.79. The lowest BCUT2D eigenvalue weighted by Gasteiger charge is -2.15. The van der Waals surface area contributed by atoms with Crippen molar-refractivity contribution in [1.29, 1.82) is 0 Å². The Kier molecular flexibility index (Phi) is 3.93. The first-order valence-electron chi connectivity index (χ1n) is 5.76. The molecule has 0 aliphatic heterocycles. The van der Waals surface area contributed by atoms with Crippen LogP contribution in [0.5, 0.6) is 0 Å². The SMILES string of the molecule is CC(C)C(C)Cc1ncc(C(C)(C)C)s1. The molecule has 1 aromatic heterocycles. The molecule has 0 N–H and O–H groups in total. The fourth-order valence-corrected chi connectivity index (χ4v) is 2.38. The van der Waals surface area contributed by atoms with E-state index >= 15 is 0 Å².